The summed E-state index contributed by atoms with van der Waals surface area (Å²) < 4.78 is 17.3. The second-order valence-electron chi connectivity index (χ2n) is 3.61. The molecule has 0 saturated heterocycles. The fourth-order valence-corrected chi connectivity index (χ4v) is 1.28. The van der Waals surface area contributed by atoms with E-state index in [9.17, 15) is 14.0 Å². The highest BCUT2D eigenvalue weighted by molar-refractivity contribution is 5.94. The van der Waals surface area contributed by atoms with Gasteiger partial charge < -0.3 is 10.1 Å². The lowest BCUT2D eigenvalue weighted by molar-refractivity contribution is -0.143. The van der Waals surface area contributed by atoms with Gasteiger partial charge in [0.15, 0.2) is 0 Å². The number of esters is 1. The molecular formula is C12H14FNO3. The summed E-state index contributed by atoms with van der Waals surface area (Å²) in [6, 6.07) is 4.58. The third-order valence-electron chi connectivity index (χ3n) is 2.24. The average molecular weight is 239 g/mol. The SMILES string of the molecule is COC(=O)CC(=O)NCc1ccc(F)c(C)c1. The highest BCUT2D eigenvalue weighted by Gasteiger charge is 2.08. The summed E-state index contributed by atoms with van der Waals surface area (Å²) >= 11 is 0. The minimum Gasteiger partial charge on any atom is -0.469 e. The Kier molecular flexibility index (Phi) is 4.63. The zero-order valence-electron chi connectivity index (χ0n) is 9.75. The third kappa shape index (κ3) is 4.22. The molecule has 1 aromatic carbocycles. The van der Waals surface area contributed by atoms with Gasteiger partial charge in [0.05, 0.1) is 7.11 Å². The number of benzene rings is 1. The van der Waals surface area contributed by atoms with Crippen molar-refractivity contribution in [1.29, 1.82) is 0 Å². The maximum absolute atomic E-state index is 13.0. The van der Waals surface area contributed by atoms with Gasteiger partial charge in [-0.2, -0.15) is 0 Å². The molecule has 0 atom stereocenters. The Balaban J connectivity index is 2.47. The first kappa shape index (κ1) is 13.2. The number of methoxy groups -OCH3 is 1. The lowest BCUT2D eigenvalue weighted by atomic mass is 10.1. The van der Waals surface area contributed by atoms with Crippen LogP contribution in [-0.2, 0) is 20.9 Å². The lowest BCUT2D eigenvalue weighted by Crippen LogP contribution is -2.25. The molecule has 0 bridgehead atoms. The quantitative estimate of drug-likeness (QED) is 0.636. The van der Waals surface area contributed by atoms with Crippen LogP contribution in [0.1, 0.15) is 17.5 Å². The van der Waals surface area contributed by atoms with Crippen molar-refractivity contribution in [3.63, 3.8) is 0 Å². The van der Waals surface area contributed by atoms with Gasteiger partial charge in [-0.25, -0.2) is 4.39 Å². The molecule has 4 nitrogen and oxygen atoms in total. The lowest BCUT2D eigenvalue weighted by Gasteiger charge is -2.06. The summed E-state index contributed by atoms with van der Waals surface area (Å²) in [5.41, 5.74) is 1.30. The number of carbonyl (C=O) groups is 2. The van der Waals surface area contributed by atoms with Gasteiger partial charge >= 0.3 is 5.97 Å². The molecule has 0 aliphatic heterocycles. The van der Waals surface area contributed by atoms with Gasteiger partial charge in [-0.1, -0.05) is 12.1 Å². The van der Waals surface area contributed by atoms with Crippen LogP contribution in [0.5, 0.6) is 0 Å². The van der Waals surface area contributed by atoms with Gasteiger partial charge in [-0.15, -0.1) is 0 Å². The molecule has 1 amide bonds. The number of nitrogens with one attached hydrogen (secondary N) is 1. The van der Waals surface area contributed by atoms with E-state index in [1.54, 1.807) is 19.1 Å². The third-order valence-corrected chi connectivity index (χ3v) is 2.24. The van der Waals surface area contributed by atoms with E-state index in [4.69, 9.17) is 0 Å². The Labute approximate surface area is 98.8 Å². The topological polar surface area (TPSA) is 55.4 Å². The molecule has 0 unspecified atom stereocenters. The minimum atomic E-state index is -0.585. The number of amides is 1. The normalized spacial score (nSPS) is 9.82. The Morgan fingerprint density at radius 3 is 2.71 bits per heavy atom. The largest absolute Gasteiger partial charge is 0.469 e. The zero-order chi connectivity index (χ0) is 12.8. The molecule has 0 saturated carbocycles. The van der Waals surface area contributed by atoms with Gasteiger partial charge in [0.2, 0.25) is 5.91 Å². The predicted octanol–water partition coefficient (Wildman–Crippen LogP) is 1.31. The summed E-state index contributed by atoms with van der Waals surface area (Å²) in [6.45, 7) is 1.91. The minimum absolute atomic E-state index is 0.261. The van der Waals surface area contributed by atoms with E-state index in [2.05, 4.69) is 10.1 Å². The highest BCUT2D eigenvalue weighted by Crippen LogP contribution is 2.08. The van der Waals surface area contributed by atoms with Crippen LogP contribution < -0.4 is 5.32 Å². The predicted molar refractivity (Wildman–Crippen MR) is 59.6 cm³/mol. The first-order valence-electron chi connectivity index (χ1n) is 5.11. The number of halogens is 1. The summed E-state index contributed by atoms with van der Waals surface area (Å²) in [7, 11) is 1.22. The smallest absolute Gasteiger partial charge is 0.315 e. The summed E-state index contributed by atoms with van der Waals surface area (Å²) in [4.78, 5) is 22.1. The van der Waals surface area contributed by atoms with E-state index in [-0.39, 0.29) is 18.8 Å². The number of aryl methyl sites for hydroxylation is 1. The second-order valence-corrected chi connectivity index (χ2v) is 3.61. The fourth-order valence-electron chi connectivity index (χ4n) is 1.28. The standard InChI is InChI=1S/C12H14FNO3/c1-8-5-9(3-4-10(8)13)7-14-11(15)6-12(16)17-2/h3-5H,6-7H2,1-2H3,(H,14,15). The first-order valence-corrected chi connectivity index (χ1v) is 5.11. The Morgan fingerprint density at radius 2 is 2.12 bits per heavy atom. The molecule has 0 heterocycles. The summed E-state index contributed by atoms with van der Waals surface area (Å²) in [5.74, 6) is -1.29. The Hall–Kier alpha value is -1.91. The summed E-state index contributed by atoms with van der Waals surface area (Å²) in [6.07, 6.45) is -0.309. The maximum atomic E-state index is 13.0. The number of carbonyl (C=O) groups excluding carboxylic acids is 2. The number of hydrogen-bond donors (Lipinski definition) is 1. The van der Waals surface area contributed by atoms with Crippen LogP contribution in [0.3, 0.4) is 0 Å². The van der Waals surface area contributed by atoms with E-state index in [0.717, 1.165) is 5.56 Å². The van der Waals surface area contributed by atoms with Crippen LogP contribution in [-0.4, -0.2) is 19.0 Å². The molecule has 92 valence electrons. The van der Waals surface area contributed by atoms with Gasteiger partial charge in [0.25, 0.3) is 0 Å². The van der Waals surface area contributed by atoms with Crippen molar-refractivity contribution in [3.05, 3.63) is 35.1 Å². The number of hydrogen-bond acceptors (Lipinski definition) is 3. The van der Waals surface area contributed by atoms with Crippen molar-refractivity contribution in [2.24, 2.45) is 0 Å². The molecule has 0 spiro atoms. The molecule has 5 heteroatoms. The molecule has 0 aliphatic rings. The van der Waals surface area contributed by atoms with Gasteiger partial charge in [-0.3, -0.25) is 9.59 Å². The fraction of sp³-hybridized carbons (Fsp3) is 0.333. The summed E-state index contributed by atoms with van der Waals surface area (Å²) in [5, 5.41) is 2.55. The van der Waals surface area contributed by atoms with Crippen molar-refractivity contribution >= 4 is 11.9 Å². The number of ether oxygens (including phenoxy) is 1. The first-order chi connectivity index (χ1) is 8.02. The second kappa shape index (κ2) is 5.98. The van der Waals surface area contributed by atoms with Crippen LogP contribution in [0.15, 0.2) is 18.2 Å². The van der Waals surface area contributed by atoms with E-state index >= 15 is 0 Å². The van der Waals surface area contributed by atoms with E-state index in [1.807, 2.05) is 0 Å². The van der Waals surface area contributed by atoms with Crippen LogP contribution in [0.2, 0.25) is 0 Å². The molecule has 0 radical (unpaired) electrons. The zero-order valence-corrected chi connectivity index (χ0v) is 9.75. The molecule has 0 aromatic heterocycles. The van der Waals surface area contributed by atoms with E-state index in [0.29, 0.717) is 5.56 Å². The van der Waals surface area contributed by atoms with Gasteiger partial charge in [-0.05, 0) is 24.1 Å². The Morgan fingerprint density at radius 1 is 1.41 bits per heavy atom. The monoisotopic (exact) mass is 239 g/mol. The van der Waals surface area contributed by atoms with Crippen molar-refractivity contribution in [1.82, 2.24) is 5.32 Å². The molecule has 0 aliphatic carbocycles. The van der Waals surface area contributed by atoms with Crippen LogP contribution >= 0.6 is 0 Å². The van der Waals surface area contributed by atoms with Crippen molar-refractivity contribution < 1.29 is 18.7 Å². The van der Waals surface area contributed by atoms with Crippen molar-refractivity contribution in [2.75, 3.05) is 7.11 Å². The van der Waals surface area contributed by atoms with E-state index in [1.165, 1.54) is 13.2 Å². The van der Waals surface area contributed by atoms with Crippen molar-refractivity contribution in [2.45, 2.75) is 19.9 Å². The molecule has 0 fully saturated rings. The van der Waals surface area contributed by atoms with Crippen LogP contribution in [0, 0.1) is 12.7 Å². The van der Waals surface area contributed by atoms with Gasteiger partial charge in [0.1, 0.15) is 12.2 Å². The average Bonchev–Trinajstić information content (AvgIpc) is 2.30. The van der Waals surface area contributed by atoms with Crippen LogP contribution in [0.25, 0.3) is 0 Å². The van der Waals surface area contributed by atoms with Crippen LogP contribution in [0.4, 0.5) is 4.39 Å². The number of rotatable bonds is 4. The Bertz CT molecular complexity index is 432. The molecule has 17 heavy (non-hydrogen) atoms. The maximum Gasteiger partial charge on any atom is 0.315 e. The molecule has 1 N–H and O–H groups in total. The molecule has 1 aromatic rings. The van der Waals surface area contributed by atoms with Gasteiger partial charge in [0, 0.05) is 6.54 Å². The van der Waals surface area contributed by atoms with E-state index < -0.39 is 11.9 Å². The molecular weight excluding hydrogens is 225 g/mol. The molecule has 1 rings (SSSR count). The highest BCUT2D eigenvalue weighted by atomic mass is 19.1. The van der Waals surface area contributed by atoms with Crippen molar-refractivity contribution in [3.8, 4) is 0 Å².